The van der Waals surface area contributed by atoms with Crippen molar-refractivity contribution < 1.29 is 4.79 Å². The van der Waals surface area contributed by atoms with Crippen LogP contribution in [0.1, 0.15) is 30.9 Å². The molecule has 1 aromatic carbocycles. The third-order valence-corrected chi connectivity index (χ3v) is 4.35. The zero-order valence-corrected chi connectivity index (χ0v) is 15.1. The third kappa shape index (κ3) is 3.82. The standard InChI is InChI=1S/C19H23N5O2/c1-3-6-17(25)20-9-10-24-18-16(11-22-24)19(26)23(13-21-18)12-15-8-5-4-7-14(15)2/h4-5,7-8,11,13H,3,6,9-10,12H2,1-2H3,(H,20,25). The summed E-state index contributed by atoms with van der Waals surface area (Å²) in [6, 6.07) is 7.97. The lowest BCUT2D eigenvalue weighted by Crippen LogP contribution is -2.27. The monoisotopic (exact) mass is 353 g/mol. The number of amides is 1. The Hall–Kier alpha value is -2.96. The molecule has 0 atom stereocenters. The summed E-state index contributed by atoms with van der Waals surface area (Å²) in [6.07, 6.45) is 4.44. The van der Waals surface area contributed by atoms with Crippen LogP contribution in [-0.4, -0.2) is 31.8 Å². The van der Waals surface area contributed by atoms with Crippen LogP contribution in [-0.2, 0) is 17.9 Å². The van der Waals surface area contributed by atoms with Crippen LogP contribution in [0.5, 0.6) is 0 Å². The summed E-state index contributed by atoms with van der Waals surface area (Å²) in [7, 11) is 0. The van der Waals surface area contributed by atoms with E-state index < -0.39 is 0 Å². The van der Waals surface area contributed by atoms with Gasteiger partial charge in [0.25, 0.3) is 5.56 Å². The van der Waals surface area contributed by atoms with E-state index in [0.29, 0.717) is 37.1 Å². The maximum absolute atomic E-state index is 12.7. The average Bonchev–Trinajstić information content (AvgIpc) is 3.03. The number of nitrogens with zero attached hydrogens (tertiary/aromatic N) is 4. The molecule has 2 aromatic heterocycles. The molecular weight excluding hydrogens is 330 g/mol. The minimum atomic E-state index is -0.112. The number of carbonyl (C=O) groups is 1. The van der Waals surface area contributed by atoms with Gasteiger partial charge in [-0.1, -0.05) is 31.2 Å². The van der Waals surface area contributed by atoms with Gasteiger partial charge in [0.05, 0.1) is 19.3 Å². The van der Waals surface area contributed by atoms with Crippen molar-refractivity contribution in [2.75, 3.05) is 6.54 Å². The molecule has 0 spiro atoms. The molecule has 0 saturated heterocycles. The fourth-order valence-electron chi connectivity index (χ4n) is 2.86. The second-order valence-electron chi connectivity index (χ2n) is 6.31. The van der Waals surface area contributed by atoms with E-state index in [2.05, 4.69) is 15.4 Å². The van der Waals surface area contributed by atoms with Crippen molar-refractivity contribution in [3.63, 3.8) is 0 Å². The average molecular weight is 353 g/mol. The van der Waals surface area contributed by atoms with E-state index >= 15 is 0 Å². The predicted molar refractivity (Wildman–Crippen MR) is 100.0 cm³/mol. The van der Waals surface area contributed by atoms with Crippen molar-refractivity contribution in [1.29, 1.82) is 0 Å². The molecular formula is C19H23N5O2. The second kappa shape index (κ2) is 7.95. The molecule has 0 radical (unpaired) electrons. The fourth-order valence-corrected chi connectivity index (χ4v) is 2.86. The van der Waals surface area contributed by atoms with E-state index in [1.807, 2.05) is 38.1 Å². The first-order chi connectivity index (χ1) is 12.6. The Morgan fingerprint density at radius 2 is 2.08 bits per heavy atom. The lowest BCUT2D eigenvalue weighted by atomic mass is 10.1. The molecule has 2 heterocycles. The van der Waals surface area contributed by atoms with Crippen molar-refractivity contribution in [3.05, 3.63) is 58.3 Å². The molecule has 7 nitrogen and oxygen atoms in total. The molecule has 3 aromatic rings. The highest BCUT2D eigenvalue weighted by Gasteiger charge is 2.11. The Morgan fingerprint density at radius 1 is 1.27 bits per heavy atom. The molecule has 0 aliphatic rings. The van der Waals surface area contributed by atoms with Gasteiger partial charge in [-0.25, -0.2) is 9.67 Å². The number of aryl methyl sites for hydroxylation is 1. The maximum Gasteiger partial charge on any atom is 0.264 e. The second-order valence-corrected chi connectivity index (χ2v) is 6.31. The summed E-state index contributed by atoms with van der Waals surface area (Å²) < 4.78 is 3.25. The van der Waals surface area contributed by atoms with E-state index in [1.165, 1.54) is 0 Å². The van der Waals surface area contributed by atoms with E-state index in [9.17, 15) is 9.59 Å². The van der Waals surface area contributed by atoms with Crippen molar-refractivity contribution >= 4 is 16.9 Å². The number of fused-ring (bicyclic) bond motifs is 1. The van der Waals surface area contributed by atoms with Crippen LogP contribution in [0.15, 0.2) is 41.6 Å². The topological polar surface area (TPSA) is 81.8 Å². The van der Waals surface area contributed by atoms with Crippen LogP contribution < -0.4 is 10.9 Å². The number of nitrogens with one attached hydrogen (secondary N) is 1. The molecule has 0 aliphatic heterocycles. The number of benzene rings is 1. The van der Waals surface area contributed by atoms with Crippen molar-refractivity contribution in [2.24, 2.45) is 0 Å². The van der Waals surface area contributed by atoms with Gasteiger partial charge in [0.1, 0.15) is 11.7 Å². The van der Waals surface area contributed by atoms with E-state index in [-0.39, 0.29) is 11.5 Å². The Labute approximate surface area is 151 Å². The van der Waals surface area contributed by atoms with Gasteiger partial charge in [0, 0.05) is 13.0 Å². The fraction of sp³-hybridized carbons (Fsp3) is 0.368. The molecule has 0 fully saturated rings. The smallest absolute Gasteiger partial charge is 0.264 e. The van der Waals surface area contributed by atoms with Crippen molar-refractivity contribution in [2.45, 2.75) is 39.8 Å². The summed E-state index contributed by atoms with van der Waals surface area (Å²) in [5.74, 6) is 0.0255. The Kier molecular flexibility index (Phi) is 5.46. The van der Waals surface area contributed by atoms with Crippen molar-refractivity contribution in [1.82, 2.24) is 24.6 Å². The molecule has 0 bridgehead atoms. The summed E-state index contributed by atoms with van der Waals surface area (Å²) in [5, 5.41) is 7.58. The summed E-state index contributed by atoms with van der Waals surface area (Å²) in [4.78, 5) is 28.7. The van der Waals surface area contributed by atoms with E-state index in [1.54, 1.807) is 21.8 Å². The van der Waals surface area contributed by atoms with Gasteiger partial charge in [0.15, 0.2) is 5.65 Å². The minimum Gasteiger partial charge on any atom is -0.354 e. The summed E-state index contributed by atoms with van der Waals surface area (Å²) in [6.45, 7) is 5.41. The highest BCUT2D eigenvalue weighted by atomic mass is 16.1. The van der Waals surface area contributed by atoms with Crippen molar-refractivity contribution in [3.8, 4) is 0 Å². The van der Waals surface area contributed by atoms with Gasteiger partial charge in [-0.05, 0) is 24.5 Å². The summed E-state index contributed by atoms with van der Waals surface area (Å²) in [5.41, 5.74) is 2.65. The van der Waals surface area contributed by atoms with Crippen LogP contribution in [0.2, 0.25) is 0 Å². The van der Waals surface area contributed by atoms with Gasteiger partial charge >= 0.3 is 0 Å². The largest absolute Gasteiger partial charge is 0.354 e. The van der Waals surface area contributed by atoms with E-state index in [0.717, 1.165) is 17.5 Å². The quantitative estimate of drug-likeness (QED) is 0.703. The minimum absolute atomic E-state index is 0.0255. The lowest BCUT2D eigenvalue weighted by molar-refractivity contribution is -0.121. The zero-order chi connectivity index (χ0) is 18.5. The zero-order valence-electron chi connectivity index (χ0n) is 15.1. The molecule has 1 N–H and O–H groups in total. The number of carbonyl (C=O) groups excluding carboxylic acids is 1. The van der Waals surface area contributed by atoms with Gasteiger partial charge in [-0.2, -0.15) is 5.10 Å². The summed E-state index contributed by atoms with van der Waals surface area (Å²) >= 11 is 0. The molecule has 0 unspecified atom stereocenters. The van der Waals surface area contributed by atoms with Crippen LogP contribution >= 0.6 is 0 Å². The third-order valence-electron chi connectivity index (χ3n) is 4.35. The number of hydrogen-bond acceptors (Lipinski definition) is 4. The molecule has 7 heteroatoms. The van der Waals surface area contributed by atoms with Gasteiger partial charge in [-0.15, -0.1) is 0 Å². The Balaban J connectivity index is 1.77. The van der Waals surface area contributed by atoms with Gasteiger partial charge in [0.2, 0.25) is 5.91 Å². The first-order valence-corrected chi connectivity index (χ1v) is 8.82. The van der Waals surface area contributed by atoms with E-state index in [4.69, 9.17) is 0 Å². The maximum atomic E-state index is 12.7. The lowest BCUT2D eigenvalue weighted by Gasteiger charge is -2.09. The molecule has 1 amide bonds. The van der Waals surface area contributed by atoms with Crippen LogP contribution in [0, 0.1) is 6.92 Å². The predicted octanol–water partition coefficient (Wildman–Crippen LogP) is 1.87. The van der Waals surface area contributed by atoms with Crippen LogP contribution in [0.25, 0.3) is 11.0 Å². The SMILES string of the molecule is CCCC(=O)NCCn1ncc2c(=O)n(Cc3ccccc3C)cnc21. The first-order valence-electron chi connectivity index (χ1n) is 8.82. The number of aromatic nitrogens is 4. The highest BCUT2D eigenvalue weighted by Crippen LogP contribution is 2.10. The molecule has 136 valence electrons. The van der Waals surface area contributed by atoms with Crippen LogP contribution in [0.4, 0.5) is 0 Å². The molecule has 0 saturated carbocycles. The molecule has 3 rings (SSSR count). The number of hydrogen-bond donors (Lipinski definition) is 1. The van der Waals surface area contributed by atoms with Gasteiger partial charge < -0.3 is 5.32 Å². The Morgan fingerprint density at radius 3 is 2.85 bits per heavy atom. The molecule has 0 aliphatic carbocycles. The highest BCUT2D eigenvalue weighted by molar-refractivity contribution is 5.76. The number of rotatable bonds is 7. The Bertz CT molecular complexity index is 973. The normalized spacial score (nSPS) is 11.0. The first kappa shape index (κ1) is 17.8. The van der Waals surface area contributed by atoms with Gasteiger partial charge in [-0.3, -0.25) is 14.2 Å². The van der Waals surface area contributed by atoms with Crippen LogP contribution in [0.3, 0.4) is 0 Å². The molecule has 26 heavy (non-hydrogen) atoms.